The molecule has 1 rings (SSSR count). The Morgan fingerprint density at radius 3 is 2.30 bits per heavy atom. The summed E-state index contributed by atoms with van der Waals surface area (Å²) in [4.78, 5) is 10.2. The molecule has 0 aromatic carbocycles. The number of carboxylic acid groups (broad SMARTS) is 1. The second-order valence-corrected chi connectivity index (χ2v) is 2.46. The fraction of sp³-hybridized carbons (Fsp3) is 0.833. The first kappa shape index (κ1) is 10.4. The minimum Gasteiger partial charge on any atom is -1.00 e. The van der Waals surface area contributed by atoms with Gasteiger partial charge < -0.3 is 11.6 Å². The molecule has 2 N–H and O–H groups in total. The number of aliphatic carboxylic acids is 1. The minimum absolute atomic E-state index is 0. The molecule has 54 valence electrons. The van der Waals surface area contributed by atoms with Gasteiger partial charge in [-0.25, -0.2) is 0 Å². The molecule has 1 aliphatic rings. The largest absolute Gasteiger partial charge is 1.00 e. The molecule has 1 saturated carbocycles. The molecule has 0 saturated heterocycles. The van der Waals surface area contributed by atoms with Gasteiger partial charge in [-0.2, -0.15) is 0 Å². The Labute approximate surface area is 83.2 Å². The van der Waals surface area contributed by atoms with Crippen molar-refractivity contribution >= 4 is 5.97 Å². The molecule has 1 aliphatic carbocycles. The van der Waals surface area contributed by atoms with E-state index in [0.29, 0.717) is 0 Å². The third-order valence-electron chi connectivity index (χ3n) is 1.97. The zero-order valence-corrected chi connectivity index (χ0v) is 8.08. The van der Waals surface area contributed by atoms with Crippen LogP contribution in [0.2, 0.25) is 0 Å². The van der Waals surface area contributed by atoms with Gasteiger partial charge in [0, 0.05) is 6.61 Å². The fourth-order valence-electron chi connectivity index (χ4n) is 1.11. The van der Waals surface area contributed by atoms with Crippen LogP contribution in [0.5, 0.6) is 0 Å². The Bertz CT molecular complexity index is 129. The number of aliphatic hydroxyl groups is 1. The van der Waals surface area contributed by atoms with Crippen molar-refractivity contribution in [1.82, 2.24) is 0 Å². The molecule has 4 heteroatoms. The third kappa shape index (κ3) is 1.95. The Morgan fingerprint density at radius 1 is 1.60 bits per heavy atom. The zero-order valence-electron chi connectivity index (χ0n) is 7.08. The van der Waals surface area contributed by atoms with Crippen molar-refractivity contribution in [2.75, 3.05) is 6.61 Å². The van der Waals surface area contributed by atoms with Gasteiger partial charge in [0.15, 0.2) is 0 Å². The summed E-state index contributed by atoms with van der Waals surface area (Å²) < 4.78 is 0. The average Bonchev–Trinajstić information content (AvgIpc) is 1.61. The van der Waals surface area contributed by atoms with Crippen LogP contribution in [0.25, 0.3) is 0 Å². The normalized spacial score (nSPS) is 30.1. The predicted molar refractivity (Wildman–Crippen MR) is 32.0 cm³/mol. The van der Waals surface area contributed by atoms with Crippen LogP contribution in [0.15, 0.2) is 0 Å². The molecule has 0 aromatic heterocycles. The van der Waals surface area contributed by atoms with Gasteiger partial charge >= 0.3 is 35.5 Å². The summed E-state index contributed by atoms with van der Waals surface area (Å²) in [6, 6.07) is 0. The van der Waals surface area contributed by atoms with E-state index in [-0.39, 0.29) is 49.4 Å². The molecular formula is C6H11NaO3. The van der Waals surface area contributed by atoms with Crippen molar-refractivity contribution in [1.29, 1.82) is 0 Å². The van der Waals surface area contributed by atoms with E-state index in [1.165, 1.54) is 0 Å². The molecule has 10 heavy (non-hydrogen) atoms. The van der Waals surface area contributed by atoms with E-state index >= 15 is 0 Å². The number of rotatable bonds is 2. The van der Waals surface area contributed by atoms with E-state index in [1.54, 1.807) is 0 Å². The van der Waals surface area contributed by atoms with Crippen LogP contribution >= 0.6 is 0 Å². The summed E-state index contributed by atoms with van der Waals surface area (Å²) >= 11 is 0. The monoisotopic (exact) mass is 154 g/mol. The van der Waals surface area contributed by atoms with Crippen LogP contribution in [-0.4, -0.2) is 22.8 Å². The maximum atomic E-state index is 10.2. The second kappa shape index (κ2) is 4.34. The summed E-state index contributed by atoms with van der Waals surface area (Å²) in [6.07, 6.45) is 1.61. The molecule has 2 atom stereocenters. The van der Waals surface area contributed by atoms with Crippen LogP contribution in [0.4, 0.5) is 0 Å². The molecular weight excluding hydrogens is 143 g/mol. The molecule has 0 heterocycles. The average molecular weight is 154 g/mol. The van der Waals surface area contributed by atoms with Crippen LogP contribution in [-0.2, 0) is 4.79 Å². The van der Waals surface area contributed by atoms with Crippen molar-refractivity contribution in [3.8, 4) is 0 Å². The number of carbonyl (C=O) groups is 1. The van der Waals surface area contributed by atoms with Crippen LogP contribution in [0.1, 0.15) is 14.3 Å². The molecule has 1 fully saturated rings. The first-order chi connectivity index (χ1) is 4.25. The minimum atomic E-state index is -0.764. The number of carboxylic acids is 1. The predicted octanol–water partition coefficient (Wildman–Crippen LogP) is -2.79. The first-order valence-corrected chi connectivity index (χ1v) is 3.09. The maximum absolute atomic E-state index is 10.2. The van der Waals surface area contributed by atoms with E-state index in [0.717, 1.165) is 12.8 Å². The molecule has 0 aliphatic heterocycles. The number of hydrogen-bond acceptors (Lipinski definition) is 2. The van der Waals surface area contributed by atoms with Crippen molar-refractivity contribution in [3.63, 3.8) is 0 Å². The van der Waals surface area contributed by atoms with Crippen molar-refractivity contribution < 1.29 is 46.0 Å². The topological polar surface area (TPSA) is 57.5 Å². The van der Waals surface area contributed by atoms with E-state index in [4.69, 9.17) is 10.2 Å². The van der Waals surface area contributed by atoms with Crippen molar-refractivity contribution in [2.24, 2.45) is 11.8 Å². The number of hydrogen-bond donors (Lipinski definition) is 2. The molecule has 0 amide bonds. The quantitative estimate of drug-likeness (QED) is 0.423. The van der Waals surface area contributed by atoms with Gasteiger partial charge in [-0.05, 0) is 18.8 Å². The van der Waals surface area contributed by atoms with Crippen LogP contribution in [0, 0.1) is 11.8 Å². The number of aliphatic hydroxyl groups excluding tert-OH is 1. The summed E-state index contributed by atoms with van der Waals surface area (Å²) in [6.45, 7) is 0.0248. The summed E-state index contributed by atoms with van der Waals surface area (Å²) in [7, 11) is 0. The first-order valence-electron chi connectivity index (χ1n) is 3.09. The molecule has 0 aromatic rings. The molecule has 0 bridgehead atoms. The summed E-state index contributed by atoms with van der Waals surface area (Å²) in [5.74, 6) is -1.00. The van der Waals surface area contributed by atoms with Gasteiger partial charge in [-0.1, -0.05) is 0 Å². The molecule has 0 spiro atoms. The zero-order chi connectivity index (χ0) is 6.85. The SMILES string of the molecule is O=C(O)[C@@H]1CC[C@H]1CO.[H-].[Na+]. The fourth-order valence-corrected chi connectivity index (χ4v) is 1.11. The van der Waals surface area contributed by atoms with Gasteiger partial charge in [-0.15, -0.1) is 0 Å². The van der Waals surface area contributed by atoms with Crippen molar-refractivity contribution in [3.05, 3.63) is 0 Å². The van der Waals surface area contributed by atoms with E-state index in [9.17, 15) is 4.79 Å². The van der Waals surface area contributed by atoms with E-state index in [2.05, 4.69) is 0 Å². The van der Waals surface area contributed by atoms with Crippen molar-refractivity contribution in [2.45, 2.75) is 12.8 Å². The Kier molecular flexibility index (Phi) is 4.52. The van der Waals surface area contributed by atoms with Gasteiger partial charge in [-0.3, -0.25) is 4.79 Å². The Hall–Kier alpha value is 0.430. The summed E-state index contributed by atoms with van der Waals surface area (Å²) in [5, 5.41) is 17.0. The Morgan fingerprint density at radius 2 is 2.20 bits per heavy atom. The smallest absolute Gasteiger partial charge is 1.00 e. The third-order valence-corrected chi connectivity index (χ3v) is 1.97. The van der Waals surface area contributed by atoms with E-state index in [1.807, 2.05) is 0 Å². The van der Waals surface area contributed by atoms with Crippen LogP contribution < -0.4 is 29.6 Å². The molecule has 3 nitrogen and oxygen atoms in total. The van der Waals surface area contributed by atoms with Gasteiger partial charge in [0.05, 0.1) is 5.92 Å². The second-order valence-electron chi connectivity index (χ2n) is 2.46. The van der Waals surface area contributed by atoms with Gasteiger partial charge in [0.25, 0.3) is 0 Å². The summed E-state index contributed by atoms with van der Waals surface area (Å²) in [5.41, 5.74) is 0. The van der Waals surface area contributed by atoms with Crippen LogP contribution in [0.3, 0.4) is 0 Å². The molecule has 0 unspecified atom stereocenters. The standard InChI is InChI=1S/C6H10O3.Na.H/c7-3-4-1-2-5(4)6(8)9;;/h4-5,7H,1-3H2,(H,8,9);;/q;+1;-1/t4-,5+;;/m0../s1. The Balaban J connectivity index is 0. The van der Waals surface area contributed by atoms with Gasteiger partial charge in [0.2, 0.25) is 0 Å². The van der Waals surface area contributed by atoms with E-state index < -0.39 is 5.97 Å². The molecule has 0 radical (unpaired) electrons. The van der Waals surface area contributed by atoms with Gasteiger partial charge in [0.1, 0.15) is 0 Å². The maximum Gasteiger partial charge on any atom is 1.00 e.